The molecule has 0 amide bonds. The molecule has 8 nitrogen and oxygen atoms in total. The Bertz CT molecular complexity index is 1490. The summed E-state index contributed by atoms with van der Waals surface area (Å²) < 4.78 is 16.5. The number of anilines is 1. The van der Waals surface area contributed by atoms with Gasteiger partial charge in [0.2, 0.25) is 5.95 Å². The summed E-state index contributed by atoms with van der Waals surface area (Å²) in [6.07, 6.45) is 6.40. The predicted octanol–water partition coefficient (Wildman–Crippen LogP) is 3.22. The highest BCUT2D eigenvalue weighted by Crippen LogP contribution is 2.14. The van der Waals surface area contributed by atoms with Gasteiger partial charge in [-0.15, -0.1) is 0 Å². The van der Waals surface area contributed by atoms with Gasteiger partial charge >= 0.3 is 0 Å². The minimum atomic E-state index is -1.95. The van der Waals surface area contributed by atoms with Crippen molar-refractivity contribution in [2.75, 3.05) is 5.32 Å². The van der Waals surface area contributed by atoms with E-state index < -0.39 is 6.50 Å². The molecule has 148 valence electrons. The van der Waals surface area contributed by atoms with Gasteiger partial charge in [-0.05, 0) is 48.4 Å². The van der Waals surface area contributed by atoms with E-state index in [0.717, 1.165) is 16.5 Å². The van der Waals surface area contributed by atoms with E-state index in [1.807, 2.05) is 18.2 Å². The van der Waals surface area contributed by atoms with Crippen molar-refractivity contribution in [3.8, 4) is 23.4 Å². The fourth-order valence-electron chi connectivity index (χ4n) is 2.81. The fourth-order valence-corrected chi connectivity index (χ4v) is 2.81. The first-order valence-corrected chi connectivity index (χ1v) is 9.38. The largest absolute Gasteiger partial charge is 0.349 e. The quantitative estimate of drug-likeness (QED) is 0.442. The number of fused-ring (bicyclic) bond motifs is 1. The third-order valence-electron chi connectivity index (χ3n) is 4.28. The highest BCUT2D eigenvalue weighted by molar-refractivity contribution is 5.79. The van der Waals surface area contributed by atoms with Crippen LogP contribution in [0.5, 0.6) is 0 Å². The smallest absolute Gasteiger partial charge is 0.223 e. The number of hydrogen-bond acceptors (Lipinski definition) is 7. The van der Waals surface area contributed by atoms with E-state index in [1.165, 1.54) is 12.4 Å². The standard InChI is InChI=1S/C23H16N8/c1-2-10-24-19(3-1)15-27-23-26-12-9-21(30-23)22-25-11-8-18(29-22)6-4-16-5-7-20-17(13-16)14-28-31-20/h1-3,5,7-14H,15H2,(H,28,31)(H,26,27,30)/i15D2. The minimum absolute atomic E-state index is 0.0941. The van der Waals surface area contributed by atoms with Gasteiger partial charge in [-0.2, -0.15) is 5.10 Å². The summed E-state index contributed by atoms with van der Waals surface area (Å²) in [5.74, 6) is 6.59. The van der Waals surface area contributed by atoms with E-state index in [9.17, 15) is 0 Å². The van der Waals surface area contributed by atoms with Crippen LogP contribution < -0.4 is 5.32 Å². The number of aromatic amines is 1. The van der Waals surface area contributed by atoms with Gasteiger partial charge in [-0.25, -0.2) is 19.9 Å². The molecule has 0 spiro atoms. The van der Waals surface area contributed by atoms with Crippen molar-refractivity contribution >= 4 is 16.9 Å². The average Bonchev–Trinajstić information content (AvgIpc) is 3.31. The van der Waals surface area contributed by atoms with E-state index in [1.54, 1.807) is 42.7 Å². The molecular weight excluding hydrogens is 388 g/mol. The van der Waals surface area contributed by atoms with Crippen LogP contribution in [0.3, 0.4) is 0 Å². The normalized spacial score (nSPS) is 11.9. The van der Waals surface area contributed by atoms with Gasteiger partial charge in [0.25, 0.3) is 0 Å². The molecule has 4 aromatic heterocycles. The number of nitrogens with one attached hydrogen (secondary N) is 2. The first-order chi connectivity index (χ1) is 16.1. The molecule has 0 saturated carbocycles. The van der Waals surface area contributed by atoms with Gasteiger partial charge in [0.15, 0.2) is 5.82 Å². The molecule has 0 fully saturated rings. The van der Waals surface area contributed by atoms with Crippen molar-refractivity contribution in [1.82, 2.24) is 35.1 Å². The Labute approximate surface area is 180 Å². The number of hydrogen-bond donors (Lipinski definition) is 2. The summed E-state index contributed by atoms with van der Waals surface area (Å²) >= 11 is 0. The van der Waals surface area contributed by atoms with Crippen molar-refractivity contribution in [3.63, 3.8) is 0 Å². The Morgan fingerprint density at radius 2 is 1.90 bits per heavy atom. The van der Waals surface area contributed by atoms with Gasteiger partial charge in [0.05, 0.1) is 26.6 Å². The average molecular weight is 406 g/mol. The van der Waals surface area contributed by atoms with Crippen LogP contribution in [0.25, 0.3) is 22.4 Å². The molecule has 0 aliphatic carbocycles. The highest BCUT2D eigenvalue weighted by Gasteiger charge is 2.06. The van der Waals surface area contributed by atoms with Crippen molar-refractivity contribution in [2.24, 2.45) is 0 Å². The molecule has 0 aliphatic rings. The summed E-state index contributed by atoms with van der Waals surface area (Å²) in [5, 5.41) is 10.6. The highest BCUT2D eigenvalue weighted by atomic mass is 15.1. The predicted molar refractivity (Wildman–Crippen MR) is 117 cm³/mol. The Kier molecular flexibility index (Phi) is 4.38. The van der Waals surface area contributed by atoms with Crippen LogP contribution in [0.15, 0.2) is 73.3 Å². The van der Waals surface area contributed by atoms with Crippen LogP contribution in [0.4, 0.5) is 5.95 Å². The number of nitrogens with zero attached hydrogens (tertiary/aromatic N) is 6. The van der Waals surface area contributed by atoms with Gasteiger partial charge in [0, 0.05) is 29.5 Å². The van der Waals surface area contributed by atoms with Gasteiger partial charge in [0.1, 0.15) is 11.4 Å². The molecule has 0 aliphatic heterocycles. The van der Waals surface area contributed by atoms with Crippen LogP contribution in [0, 0.1) is 11.8 Å². The van der Waals surface area contributed by atoms with Crippen LogP contribution in [0.2, 0.25) is 0 Å². The molecule has 0 unspecified atom stereocenters. The van der Waals surface area contributed by atoms with E-state index in [-0.39, 0.29) is 11.6 Å². The van der Waals surface area contributed by atoms with Gasteiger partial charge < -0.3 is 5.32 Å². The SMILES string of the molecule is [2H]C([2H])(Nc1nccc(-c2nccc(C#Cc3ccc4[nH]ncc4c3)n2)n1)c1ccccn1. The van der Waals surface area contributed by atoms with E-state index in [4.69, 9.17) is 2.74 Å². The molecular formula is C23H16N8. The van der Waals surface area contributed by atoms with Gasteiger partial charge in [-0.1, -0.05) is 12.0 Å². The lowest BCUT2D eigenvalue weighted by Gasteiger charge is -2.05. The number of H-pyrrole nitrogens is 1. The zero-order chi connectivity index (χ0) is 22.7. The molecule has 2 N–H and O–H groups in total. The molecule has 4 heterocycles. The molecule has 5 rings (SSSR count). The number of pyridine rings is 1. The van der Waals surface area contributed by atoms with Crippen molar-refractivity contribution < 1.29 is 2.74 Å². The number of benzene rings is 1. The third-order valence-corrected chi connectivity index (χ3v) is 4.28. The maximum Gasteiger partial charge on any atom is 0.223 e. The topological polar surface area (TPSA) is 105 Å². The molecule has 8 heteroatoms. The molecule has 0 atom stereocenters. The summed E-state index contributed by atoms with van der Waals surface area (Å²) in [5.41, 5.74) is 2.98. The zero-order valence-corrected chi connectivity index (χ0v) is 16.1. The second-order valence-electron chi connectivity index (χ2n) is 6.42. The van der Waals surface area contributed by atoms with Crippen LogP contribution >= 0.6 is 0 Å². The van der Waals surface area contributed by atoms with Crippen molar-refractivity contribution in [2.45, 2.75) is 6.50 Å². The third kappa shape index (κ3) is 4.36. The molecule has 1 aromatic carbocycles. The summed E-state index contributed by atoms with van der Waals surface area (Å²) in [6.45, 7) is -1.95. The van der Waals surface area contributed by atoms with E-state index in [0.29, 0.717) is 17.2 Å². The second-order valence-corrected chi connectivity index (χ2v) is 6.42. The summed E-state index contributed by atoms with van der Waals surface area (Å²) in [7, 11) is 0. The minimum Gasteiger partial charge on any atom is -0.349 e. The van der Waals surface area contributed by atoms with Crippen LogP contribution in [-0.4, -0.2) is 35.1 Å². The fraction of sp³-hybridized carbons (Fsp3) is 0.0435. The lowest BCUT2D eigenvalue weighted by atomic mass is 10.1. The molecule has 0 bridgehead atoms. The molecule has 5 aromatic rings. The first kappa shape index (κ1) is 16.2. The Hall–Kier alpha value is -4.64. The first-order valence-electron chi connectivity index (χ1n) is 10.4. The van der Waals surface area contributed by atoms with E-state index >= 15 is 0 Å². The second kappa shape index (κ2) is 8.39. The van der Waals surface area contributed by atoms with Crippen molar-refractivity contribution in [3.05, 3.63) is 90.3 Å². The number of rotatable bonds is 4. The molecule has 0 radical (unpaired) electrons. The Balaban J connectivity index is 1.39. The Morgan fingerprint density at radius 3 is 2.84 bits per heavy atom. The maximum absolute atomic E-state index is 8.25. The van der Waals surface area contributed by atoms with Crippen LogP contribution in [-0.2, 0) is 6.50 Å². The Morgan fingerprint density at radius 1 is 0.935 bits per heavy atom. The molecule has 31 heavy (non-hydrogen) atoms. The van der Waals surface area contributed by atoms with Crippen molar-refractivity contribution in [1.29, 1.82) is 0 Å². The van der Waals surface area contributed by atoms with Crippen LogP contribution in [0.1, 0.15) is 19.7 Å². The monoisotopic (exact) mass is 406 g/mol. The van der Waals surface area contributed by atoms with E-state index in [2.05, 4.69) is 52.3 Å². The lowest BCUT2D eigenvalue weighted by molar-refractivity contribution is 0.997. The summed E-state index contributed by atoms with van der Waals surface area (Å²) in [4.78, 5) is 21.3. The number of aromatic nitrogens is 7. The zero-order valence-electron chi connectivity index (χ0n) is 18.1. The summed E-state index contributed by atoms with van der Waals surface area (Å²) in [6, 6.07) is 14.2. The van der Waals surface area contributed by atoms with Gasteiger partial charge in [-0.3, -0.25) is 10.1 Å². The maximum atomic E-state index is 8.25. The lowest BCUT2D eigenvalue weighted by Crippen LogP contribution is -2.05. The molecule has 0 saturated heterocycles.